The molecule has 0 bridgehead atoms. The third kappa shape index (κ3) is 0.889. The smallest absolute Gasteiger partial charge is 0.0329 e. The first-order chi connectivity index (χ1) is 4.80. The Kier molecular flexibility index (Phi) is 1.51. The lowest BCUT2D eigenvalue weighted by molar-refractivity contribution is 0.443. The van der Waals surface area contributed by atoms with Gasteiger partial charge in [0.15, 0.2) is 0 Å². The first kappa shape index (κ1) is 6.69. The summed E-state index contributed by atoms with van der Waals surface area (Å²) in [5.74, 6) is 4.37. The molecule has 3 atom stereocenters. The highest BCUT2D eigenvalue weighted by Gasteiger charge is 2.47. The summed E-state index contributed by atoms with van der Waals surface area (Å²) in [6.45, 7) is 4.85. The fourth-order valence-corrected chi connectivity index (χ4v) is 2.90. The monoisotopic (exact) mass is 138 g/mol. The predicted octanol–water partition coefficient (Wildman–Crippen LogP) is 3.08. The number of hydrogen-bond acceptors (Lipinski definition) is 0. The van der Waals surface area contributed by atoms with Crippen LogP contribution in [-0.4, -0.2) is 0 Å². The van der Waals surface area contributed by atoms with Crippen LogP contribution < -0.4 is 0 Å². The van der Waals surface area contributed by atoms with Crippen molar-refractivity contribution in [2.45, 2.75) is 39.5 Å². The molecule has 2 fully saturated rings. The van der Waals surface area contributed by atoms with Gasteiger partial charge in [-0.25, -0.2) is 0 Å². The fourth-order valence-electron chi connectivity index (χ4n) is 2.90. The summed E-state index contributed by atoms with van der Waals surface area (Å²) in [5, 5.41) is 0. The molecule has 2 aliphatic rings. The van der Waals surface area contributed by atoms with Gasteiger partial charge in [0, 0.05) is 0 Å². The Bertz CT molecular complexity index is 114. The van der Waals surface area contributed by atoms with Crippen LogP contribution in [0.2, 0.25) is 0 Å². The van der Waals surface area contributed by atoms with E-state index in [2.05, 4.69) is 13.8 Å². The van der Waals surface area contributed by atoms with Crippen molar-refractivity contribution in [3.63, 3.8) is 0 Å². The van der Waals surface area contributed by atoms with Crippen LogP contribution >= 0.6 is 0 Å². The summed E-state index contributed by atoms with van der Waals surface area (Å²) < 4.78 is 0. The normalized spacial score (nSPS) is 48.0. The SMILES string of the molecule is CC1C(C2CCCC2)[C@H]1C. The van der Waals surface area contributed by atoms with Crippen LogP contribution in [0, 0.1) is 23.7 Å². The predicted molar refractivity (Wildman–Crippen MR) is 43.8 cm³/mol. The van der Waals surface area contributed by atoms with Gasteiger partial charge in [0.25, 0.3) is 0 Å². The molecule has 2 unspecified atom stereocenters. The van der Waals surface area contributed by atoms with Crippen LogP contribution in [0.5, 0.6) is 0 Å². The molecule has 2 aliphatic carbocycles. The van der Waals surface area contributed by atoms with Crippen LogP contribution in [0.3, 0.4) is 0 Å². The van der Waals surface area contributed by atoms with Gasteiger partial charge in [-0.1, -0.05) is 39.5 Å². The molecule has 0 saturated heterocycles. The van der Waals surface area contributed by atoms with E-state index >= 15 is 0 Å². The third-order valence-corrected chi connectivity index (χ3v) is 3.85. The molecule has 0 spiro atoms. The Labute approximate surface area is 64.0 Å². The average molecular weight is 138 g/mol. The topological polar surface area (TPSA) is 0 Å². The molecule has 0 heteroatoms. The van der Waals surface area contributed by atoms with Gasteiger partial charge in [-0.3, -0.25) is 0 Å². The van der Waals surface area contributed by atoms with Crippen LogP contribution in [0.1, 0.15) is 39.5 Å². The summed E-state index contributed by atoms with van der Waals surface area (Å²) in [6, 6.07) is 0. The van der Waals surface area contributed by atoms with Crippen molar-refractivity contribution in [3.05, 3.63) is 0 Å². The van der Waals surface area contributed by atoms with E-state index in [0.717, 1.165) is 23.7 Å². The van der Waals surface area contributed by atoms with E-state index in [1.54, 1.807) is 12.8 Å². The second-order valence-electron chi connectivity index (χ2n) is 4.34. The van der Waals surface area contributed by atoms with Gasteiger partial charge < -0.3 is 0 Å². The minimum absolute atomic E-state index is 1.06. The molecular weight excluding hydrogens is 120 g/mol. The highest BCUT2D eigenvalue weighted by atomic mass is 14.5. The van der Waals surface area contributed by atoms with Crippen molar-refractivity contribution < 1.29 is 0 Å². The first-order valence-corrected chi connectivity index (χ1v) is 4.80. The zero-order chi connectivity index (χ0) is 7.14. The van der Waals surface area contributed by atoms with Crippen molar-refractivity contribution in [2.75, 3.05) is 0 Å². The number of hydrogen-bond donors (Lipinski definition) is 0. The van der Waals surface area contributed by atoms with Gasteiger partial charge in [-0.2, -0.15) is 0 Å². The Morgan fingerprint density at radius 1 is 0.900 bits per heavy atom. The van der Waals surface area contributed by atoms with Crippen LogP contribution in [0.15, 0.2) is 0 Å². The summed E-state index contributed by atoms with van der Waals surface area (Å²) in [7, 11) is 0. The molecule has 0 radical (unpaired) electrons. The van der Waals surface area contributed by atoms with Crippen molar-refractivity contribution in [3.8, 4) is 0 Å². The zero-order valence-electron chi connectivity index (χ0n) is 7.14. The van der Waals surface area contributed by atoms with Gasteiger partial charge in [-0.15, -0.1) is 0 Å². The van der Waals surface area contributed by atoms with Gasteiger partial charge in [0.2, 0.25) is 0 Å². The van der Waals surface area contributed by atoms with E-state index in [9.17, 15) is 0 Å². The molecule has 0 amide bonds. The highest BCUT2D eigenvalue weighted by molar-refractivity contribution is 4.96. The molecule has 0 aliphatic heterocycles. The molecule has 0 aromatic rings. The van der Waals surface area contributed by atoms with Crippen LogP contribution in [-0.2, 0) is 0 Å². The van der Waals surface area contributed by atoms with Gasteiger partial charge in [0.05, 0.1) is 0 Å². The van der Waals surface area contributed by atoms with Gasteiger partial charge >= 0.3 is 0 Å². The number of rotatable bonds is 1. The Morgan fingerprint density at radius 2 is 1.40 bits per heavy atom. The summed E-state index contributed by atoms with van der Waals surface area (Å²) in [4.78, 5) is 0. The summed E-state index contributed by atoms with van der Waals surface area (Å²) in [6.07, 6.45) is 6.11. The van der Waals surface area contributed by atoms with E-state index < -0.39 is 0 Å². The minimum atomic E-state index is 1.06. The Balaban J connectivity index is 1.89. The minimum Gasteiger partial charge on any atom is -0.0620 e. The van der Waals surface area contributed by atoms with Gasteiger partial charge in [0.1, 0.15) is 0 Å². The second kappa shape index (κ2) is 2.25. The maximum absolute atomic E-state index is 2.42. The van der Waals surface area contributed by atoms with Crippen molar-refractivity contribution in [1.29, 1.82) is 0 Å². The van der Waals surface area contributed by atoms with Crippen LogP contribution in [0.4, 0.5) is 0 Å². The first-order valence-electron chi connectivity index (χ1n) is 4.80. The maximum Gasteiger partial charge on any atom is -0.0329 e. The largest absolute Gasteiger partial charge is 0.0620 e. The Hall–Kier alpha value is 0. The molecule has 2 saturated carbocycles. The molecule has 2 rings (SSSR count). The molecule has 10 heavy (non-hydrogen) atoms. The lowest BCUT2D eigenvalue weighted by atomic mass is 10.00. The Morgan fingerprint density at radius 3 is 1.80 bits per heavy atom. The van der Waals surface area contributed by atoms with Crippen molar-refractivity contribution >= 4 is 0 Å². The van der Waals surface area contributed by atoms with Crippen molar-refractivity contribution in [1.82, 2.24) is 0 Å². The average Bonchev–Trinajstić information content (AvgIpc) is 2.37. The summed E-state index contributed by atoms with van der Waals surface area (Å²) >= 11 is 0. The van der Waals surface area contributed by atoms with E-state index in [1.807, 2.05) is 0 Å². The third-order valence-electron chi connectivity index (χ3n) is 3.85. The molecule has 0 nitrogen and oxygen atoms in total. The zero-order valence-corrected chi connectivity index (χ0v) is 7.14. The standard InChI is InChI=1S/C10H18/c1-7-8(2)10(7)9-5-3-4-6-9/h7-10H,3-6H2,1-2H3/t7-,8?,10?/m0/s1. The van der Waals surface area contributed by atoms with E-state index in [4.69, 9.17) is 0 Å². The lowest BCUT2D eigenvalue weighted by Crippen LogP contribution is -1.97. The summed E-state index contributed by atoms with van der Waals surface area (Å²) in [5.41, 5.74) is 0. The van der Waals surface area contributed by atoms with E-state index in [0.29, 0.717) is 0 Å². The molecule has 58 valence electrons. The highest BCUT2D eigenvalue weighted by Crippen LogP contribution is 2.54. The van der Waals surface area contributed by atoms with E-state index in [-0.39, 0.29) is 0 Å². The lowest BCUT2D eigenvalue weighted by Gasteiger charge is -2.05. The second-order valence-corrected chi connectivity index (χ2v) is 4.34. The molecule has 0 heterocycles. The molecule has 0 aromatic heterocycles. The maximum atomic E-state index is 2.42. The quantitative estimate of drug-likeness (QED) is 0.522. The van der Waals surface area contributed by atoms with Crippen molar-refractivity contribution in [2.24, 2.45) is 23.7 Å². The van der Waals surface area contributed by atoms with Crippen LogP contribution in [0.25, 0.3) is 0 Å². The van der Waals surface area contributed by atoms with E-state index in [1.165, 1.54) is 12.8 Å². The molecule has 0 N–H and O–H groups in total. The molecular formula is C10H18. The van der Waals surface area contributed by atoms with Gasteiger partial charge in [-0.05, 0) is 23.7 Å². The fraction of sp³-hybridized carbons (Fsp3) is 1.00. The molecule has 0 aromatic carbocycles.